The molecule has 0 aliphatic carbocycles. The number of nitrogens with zero attached hydrogens (tertiary/aromatic N) is 2. The Hall–Kier alpha value is -2.99. The highest BCUT2D eigenvalue weighted by atomic mass is 35.5. The van der Waals surface area contributed by atoms with Crippen LogP contribution in [0.15, 0.2) is 54.9 Å². The van der Waals surface area contributed by atoms with Crippen LogP contribution in [0.25, 0.3) is 0 Å². The molecular formula is C20H20ClN3O3. The molecule has 0 saturated heterocycles. The van der Waals surface area contributed by atoms with Crippen molar-refractivity contribution < 1.29 is 14.3 Å². The van der Waals surface area contributed by atoms with Gasteiger partial charge in [-0.1, -0.05) is 29.8 Å². The summed E-state index contributed by atoms with van der Waals surface area (Å²) >= 11 is 6.01. The highest BCUT2D eigenvalue weighted by Crippen LogP contribution is 2.30. The lowest BCUT2D eigenvalue weighted by Crippen LogP contribution is -2.31. The Morgan fingerprint density at radius 2 is 1.74 bits per heavy atom. The molecule has 0 spiro atoms. The summed E-state index contributed by atoms with van der Waals surface area (Å²) in [5.41, 5.74) is 1.19. The number of imidazole rings is 1. The summed E-state index contributed by atoms with van der Waals surface area (Å²) in [5, 5.41) is 3.66. The lowest BCUT2D eigenvalue weighted by molar-refractivity contribution is 0.0935. The van der Waals surface area contributed by atoms with Crippen molar-refractivity contribution in [1.82, 2.24) is 14.9 Å². The second-order valence-electron chi connectivity index (χ2n) is 5.89. The molecule has 3 aromatic rings. The Labute approximate surface area is 162 Å². The first kappa shape index (κ1) is 18.8. The number of halogens is 1. The van der Waals surface area contributed by atoms with Crippen molar-refractivity contribution >= 4 is 17.5 Å². The van der Waals surface area contributed by atoms with Crippen molar-refractivity contribution in [3.8, 4) is 11.5 Å². The van der Waals surface area contributed by atoms with E-state index in [2.05, 4.69) is 10.3 Å². The first-order chi connectivity index (χ1) is 13.0. The van der Waals surface area contributed by atoms with Crippen LogP contribution >= 0.6 is 11.6 Å². The van der Waals surface area contributed by atoms with Crippen LogP contribution in [-0.2, 0) is 7.05 Å². The van der Waals surface area contributed by atoms with Crippen molar-refractivity contribution in [3.05, 3.63) is 76.8 Å². The first-order valence-corrected chi connectivity index (χ1v) is 8.67. The van der Waals surface area contributed by atoms with E-state index in [9.17, 15) is 4.79 Å². The predicted molar refractivity (Wildman–Crippen MR) is 104 cm³/mol. The summed E-state index contributed by atoms with van der Waals surface area (Å²) in [4.78, 5) is 17.5. The fourth-order valence-electron chi connectivity index (χ4n) is 2.89. The average molecular weight is 386 g/mol. The lowest BCUT2D eigenvalue weighted by Gasteiger charge is -2.21. The zero-order valence-electron chi connectivity index (χ0n) is 15.3. The van der Waals surface area contributed by atoms with Crippen molar-refractivity contribution in [2.75, 3.05) is 14.2 Å². The minimum atomic E-state index is -0.468. The topological polar surface area (TPSA) is 65.4 Å². The third kappa shape index (κ3) is 3.90. The number of carbonyl (C=O) groups excluding carboxylic acids is 1. The van der Waals surface area contributed by atoms with Crippen molar-refractivity contribution in [2.45, 2.75) is 6.04 Å². The number of hydrogen-bond donors (Lipinski definition) is 1. The first-order valence-electron chi connectivity index (χ1n) is 8.29. The molecular weight excluding hydrogens is 366 g/mol. The van der Waals surface area contributed by atoms with Crippen LogP contribution in [0.3, 0.4) is 0 Å². The summed E-state index contributed by atoms with van der Waals surface area (Å²) in [6.07, 6.45) is 3.52. The van der Waals surface area contributed by atoms with Gasteiger partial charge in [-0.2, -0.15) is 0 Å². The Bertz CT molecular complexity index is 916. The maximum absolute atomic E-state index is 13.1. The minimum absolute atomic E-state index is 0.327. The van der Waals surface area contributed by atoms with Gasteiger partial charge in [-0.15, -0.1) is 0 Å². The summed E-state index contributed by atoms with van der Waals surface area (Å²) < 4.78 is 12.6. The molecule has 1 heterocycles. The van der Waals surface area contributed by atoms with Gasteiger partial charge >= 0.3 is 0 Å². The third-order valence-electron chi connectivity index (χ3n) is 4.25. The fourth-order valence-corrected chi connectivity index (χ4v) is 3.01. The van der Waals surface area contributed by atoms with E-state index in [1.54, 1.807) is 36.5 Å². The van der Waals surface area contributed by atoms with Crippen LogP contribution in [0.2, 0.25) is 5.02 Å². The van der Waals surface area contributed by atoms with Crippen LogP contribution in [0, 0.1) is 0 Å². The van der Waals surface area contributed by atoms with Gasteiger partial charge in [-0.05, 0) is 29.8 Å². The van der Waals surface area contributed by atoms with Crippen molar-refractivity contribution in [2.24, 2.45) is 7.05 Å². The summed E-state index contributed by atoms with van der Waals surface area (Å²) in [6.45, 7) is 0. The van der Waals surface area contributed by atoms with E-state index in [4.69, 9.17) is 21.1 Å². The fraction of sp³-hybridized carbons (Fsp3) is 0.200. The third-order valence-corrected chi connectivity index (χ3v) is 4.50. The van der Waals surface area contributed by atoms with E-state index >= 15 is 0 Å². The lowest BCUT2D eigenvalue weighted by atomic mass is 10.0. The number of aryl methyl sites for hydroxylation is 1. The summed E-state index contributed by atoms with van der Waals surface area (Å²) in [5.74, 6) is 1.23. The molecule has 1 atom stereocenters. The van der Waals surface area contributed by atoms with Crippen molar-refractivity contribution in [3.63, 3.8) is 0 Å². The number of aromatic nitrogens is 2. The molecule has 7 heteroatoms. The SMILES string of the molecule is COc1cccc(OC)c1C(=O)NC(c1ccc(Cl)cc1)c1nccn1C. The van der Waals surface area contributed by atoms with Crippen LogP contribution in [-0.4, -0.2) is 29.7 Å². The van der Waals surface area contributed by atoms with Gasteiger partial charge in [0.05, 0.1) is 14.2 Å². The number of amides is 1. The van der Waals surface area contributed by atoms with E-state index in [1.165, 1.54) is 14.2 Å². The van der Waals surface area contributed by atoms with Gasteiger partial charge in [0, 0.05) is 24.5 Å². The van der Waals surface area contributed by atoms with Gasteiger partial charge in [0.2, 0.25) is 0 Å². The standard InChI is InChI=1S/C20H20ClN3O3/c1-24-12-11-22-19(24)18(13-7-9-14(21)10-8-13)23-20(25)17-15(26-2)5-4-6-16(17)27-3/h4-12,18H,1-3H3,(H,23,25). The van der Waals surface area contributed by atoms with E-state index in [1.807, 2.05) is 29.9 Å². The number of rotatable bonds is 6. The smallest absolute Gasteiger partial charge is 0.259 e. The van der Waals surface area contributed by atoms with Gasteiger partial charge in [0.25, 0.3) is 5.91 Å². The Morgan fingerprint density at radius 3 is 2.26 bits per heavy atom. The summed E-state index contributed by atoms with van der Waals surface area (Å²) in [6, 6.07) is 12.0. The molecule has 1 N–H and O–H groups in total. The minimum Gasteiger partial charge on any atom is -0.496 e. The molecule has 1 amide bonds. The Kier molecular flexibility index (Phi) is 5.66. The zero-order chi connectivity index (χ0) is 19.4. The van der Waals surface area contributed by atoms with E-state index in [-0.39, 0.29) is 5.91 Å². The molecule has 1 aromatic heterocycles. The van der Waals surface area contributed by atoms with Gasteiger partial charge in [-0.3, -0.25) is 4.79 Å². The molecule has 27 heavy (non-hydrogen) atoms. The molecule has 0 aliphatic heterocycles. The number of benzene rings is 2. The molecule has 0 radical (unpaired) electrons. The van der Waals surface area contributed by atoms with Crippen molar-refractivity contribution in [1.29, 1.82) is 0 Å². The van der Waals surface area contributed by atoms with Crippen LogP contribution in [0.4, 0.5) is 0 Å². The monoisotopic (exact) mass is 385 g/mol. The average Bonchev–Trinajstić information content (AvgIpc) is 3.11. The predicted octanol–water partition coefficient (Wildman–Crippen LogP) is 3.61. The number of ether oxygens (including phenoxy) is 2. The van der Waals surface area contributed by atoms with Gasteiger partial charge in [0.15, 0.2) is 0 Å². The molecule has 0 saturated carbocycles. The molecule has 0 aliphatic rings. The number of methoxy groups -OCH3 is 2. The largest absolute Gasteiger partial charge is 0.496 e. The molecule has 0 bridgehead atoms. The van der Waals surface area contributed by atoms with Gasteiger partial charge in [-0.25, -0.2) is 4.98 Å². The Balaban J connectivity index is 2.02. The van der Waals surface area contributed by atoms with E-state index in [0.29, 0.717) is 27.9 Å². The molecule has 0 fully saturated rings. The maximum Gasteiger partial charge on any atom is 0.259 e. The zero-order valence-corrected chi connectivity index (χ0v) is 16.0. The number of carbonyl (C=O) groups is 1. The number of hydrogen-bond acceptors (Lipinski definition) is 4. The molecule has 1 unspecified atom stereocenters. The maximum atomic E-state index is 13.1. The van der Waals surface area contributed by atoms with E-state index < -0.39 is 6.04 Å². The second kappa shape index (κ2) is 8.14. The summed E-state index contributed by atoms with van der Waals surface area (Å²) in [7, 11) is 4.91. The Morgan fingerprint density at radius 1 is 1.11 bits per heavy atom. The second-order valence-corrected chi connectivity index (χ2v) is 6.33. The van der Waals surface area contributed by atoms with Gasteiger partial charge < -0.3 is 19.4 Å². The number of nitrogens with one attached hydrogen (secondary N) is 1. The molecule has 6 nitrogen and oxygen atoms in total. The highest BCUT2D eigenvalue weighted by molar-refractivity contribution is 6.30. The molecule has 140 valence electrons. The van der Waals surface area contributed by atoms with E-state index in [0.717, 1.165) is 5.56 Å². The highest BCUT2D eigenvalue weighted by Gasteiger charge is 2.25. The van der Waals surface area contributed by atoms with Crippen LogP contribution < -0.4 is 14.8 Å². The molecule has 2 aromatic carbocycles. The molecule has 3 rings (SSSR count). The normalized spacial score (nSPS) is 11.7. The van der Waals surface area contributed by atoms with Crippen LogP contribution in [0.1, 0.15) is 27.8 Å². The van der Waals surface area contributed by atoms with Crippen LogP contribution in [0.5, 0.6) is 11.5 Å². The van der Waals surface area contributed by atoms with Gasteiger partial charge in [0.1, 0.15) is 28.9 Å². The quantitative estimate of drug-likeness (QED) is 0.704.